The molecule has 1 atom stereocenters. The van der Waals surface area contributed by atoms with Crippen LogP contribution in [0.4, 0.5) is 20.2 Å². The monoisotopic (exact) mass is 567 g/mol. The van der Waals surface area contributed by atoms with Gasteiger partial charge in [-0.2, -0.15) is 5.10 Å². The van der Waals surface area contributed by atoms with Crippen LogP contribution in [0.25, 0.3) is 5.52 Å². The molecular formula is C28H27F2N5O4S. The fraction of sp³-hybridized carbons (Fsp3) is 0.286. The molecule has 12 heteroatoms. The lowest BCUT2D eigenvalue weighted by molar-refractivity contribution is 0.0983. The lowest BCUT2D eigenvalue weighted by atomic mass is 10.0. The van der Waals surface area contributed by atoms with Crippen LogP contribution >= 0.6 is 0 Å². The summed E-state index contributed by atoms with van der Waals surface area (Å²) in [4.78, 5) is 16.9. The number of amides is 1. The molecule has 2 saturated heterocycles. The van der Waals surface area contributed by atoms with Crippen molar-refractivity contribution in [1.82, 2.24) is 14.3 Å². The summed E-state index contributed by atoms with van der Waals surface area (Å²) in [5.41, 5.74) is 1.82. The molecule has 40 heavy (non-hydrogen) atoms. The van der Waals surface area contributed by atoms with Crippen LogP contribution in [0.3, 0.4) is 0 Å². The number of halogens is 2. The van der Waals surface area contributed by atoms with Crippen molar-refractivity contribution in [2.24, 2.45) is 0 Å². The maximum absolute atomic E-state index is 14.9. The number of benzene rings is 2. The van der Waals surface area contributed by atoms with Crippen molar-refractivity contribution in [3.63, 3.8) is 0 Å². The minimum absolute atomic E-state index is 0.108. The molecule has 4 aromatic rings. The number of pyridine rings is 1. The van der Waals surface area contributed by atoms with Crippen molar-refractivity contribution in [3.05, 3.63) is 89.8 Å². The Bertz CT molecular complexity index is 1690. The van der Waals surface area contributed by atoms with E-state index < -0.39 is 33.6 Å². The number of hydrogen-bond donors (Lipinski definition) is 1. The molecule has 2 aromatic heterocycles. The highest BCUT2D eigenvalue weighted by Crippen LogP contribution is 2.41. The molecule has 208 valence electrons. The zero-order valence-electron chi connectivity index (χ0n) is 21.5. The molecule has 6 rings (SSSR count). The molecule has 0 unspecified atom stereocenters. The number of anilines is 2. The summed E-state index contributed by atoms with van der Waals surface area (Å²) in [6.07, 6.45) is 4.13. The quantitative estimate of drug-likeness (QED) is 0.378. The number of ether oxygens (including phenoxy) is 1. The Morgan fingerprint density at radius 3 is 2.67 bits per heavy atom. The standard InChI is InChI=1S/C28H27F2N5O4S/c29-19-6-8-23(30)21(16-19)24-5-3-10-34(24)26-17-20(33-12-14-39-15-13-33)7-9-27(26)40(37,38)32-28(36)22-18-31-35-11-2-1-4-25(22)35/h1-2,4,6-9,11,16-18,24H,3,5,10,12-15H2,(H,32,36)/t24-/m1/s1. The summed E-state index contributed by atoms with van der Waals surface area (Å²) in [6.45, 7) is 2.74. The summed E-state index contributed by atoms with van der Waals surface area (Å²) >= 11 is 0. The lowest BCUT2D eigenvalue weighted by Crippen LogP contribution is -2.37. The van der Waals surface area contributed by atoms with Gasteiger partial charge in [0.2, 0.25) is 0 Å². The fourth-order valence-electron chi connectivity index (χ4n) is 5.47. The van der Waals surface area contributed by atoms with Crippen molar-refractivity contribution >= 4 is 32.8 Å². The van der Waals surface area contributed by atoms with Gasteiger partial charge in [-0.15, -0.1) is 0 Å². The van der Waals surface area contributed by atoms with E-state index in [9.17, 15) is 22.0 Å². The number of aromatic nitrogens is 2. The van der Waals surface area contributed by atoms with Gasteiger partial charge in [-0.3, -0.25) is 4.79 Å². The van der Waals surface area contributed by atoms with Gasteiger partial charge >= 0.3 is 0 Å². The largest absolute Gasteiger partial charge is 0.378 e. The first-order valence-electron chi connectivity index (χ1n) is 13.0. The minimum Gasteiger partial charge on any atom is -0.378 e. The van der Waals surface area contributed by atoms with Crippen LogP contribution in [0.1, 0.15) is 34.8 Å². The Hall–Kier alpha value is -4.03. The number of carbonyl (C=O) groups excluding carboxylic acids is 1. The average molecular weight is 568 g/mol. The topological polar surface area (TPSA) is 96.2 Å². The predicted octanol–water partition coefficient (Wildman–Crippen LogP) is 3.91. The number of nitrogens with one attached hydrogen (secondary N) is 1. The minimum atomic E-state index is -4.38. The number of carbonyl (C=O) groups is 1. The number of sulfonamides is 1. The molecule has 1 N–H and O–H groups in total. The molecule has 0 bridgehead atoms. The van der Waals surface area contributed by atoms with Crippen LogP contribution in [0.15, 0.2) is 71.9 Å². The highest BCUT2D eigenvalue weighted by molar-refractivity contribution is 7.90. The lowest BCUT2D eigenvalue weighted by Gasteiger charge is -2.33. The highest BCUT2D eigenvalue weighted by Gasteiger charge is 2.34. The highest BCUT2D eigenvalue weighted by atomic mass is 32.2. The molecule has 0 saturated carbocycles. The van der Waals surface area contributed by atoms with E-state index in [1.54, 1.807) is 41.4 Å². The van der Waals surface area contributed by atoms with E-state index >= 15 is 0 Å². The van der Waals surface area contributed by atoms with Gasteiger partial charge < -0.3 is 14.5 Å². The van der Waals surface area contributed by atoms with Gasteiger partial charge in [0.15, 0.2) is 0 Å². The number of fused-ring (bicyclic) bond motifs is 1. The average Bonchev–Trinajstić information content (AvgIpc) is 3.62. The molecule has 2 aliphatic heterocycles. The third-order valence-electron chi connectivity index (χ3n) is 7.39. The molecule has 2 aliphatic rings. The molecule has 4 heterocycles. The van der Waals surface area contributed by atoms with Gasteiger partial charge in [0, 0.05) is 37.1 Å². The van der Waals surface area contributed by atoms with Gasteiger partial charge in [0.25, 0.3) is 15.9 Å². The molecule has 1 amide bonds. The zero-order chi connectivity index (χ0) is 27.9. The molecule has 0 spiro atoms. The maximum Gasteiger partial charge on any atom is 0.268 e. The Labute approximate surface area is 230 Å². The van der Waals surface area contributed by atoms with Gasteiger partial charge in [0.05, 0.1) is 42.2 Å². The summed E-state index contributed by atoms with van der Waals surface area (Å²) < 4.78 is 65.6. The third-order valence-corrected chi connectivity index (χ3v) is 8.76. The second kappa shape index (κ2) is 10.5. The Morgan fingerprint density at radius 2 is 1.85 bits per heavy atom. The Balaban J connectivity index is 1.41. The Kier molecular flexibility index (Phi) is 6.88. The van der Waals surface area contributed by atoms with Crippen molar-refractivity contribution in [2.45, 2.75) is 23.8 Å². The first-order valence-corrected chi connectivity index (χ1v) is 14.5. The summed E-state index contributed by atoms with van der Waals surface area (Å²) in [5, 5.41) is 4.12. The molecule has 0 aliphatic carbocycles. The number of nitrogens with zero attached hydrogens (tertiary/aromatic N) is 4. The molecule has 9 nitrogen and oxygen atoms in total. The predicted molar refractivity (Wildman–Crippen MR) is 145 cm³/mol. The summed E-state index contributed by atoms with van der Waals surface area (Å²) in [7, 11) is -4.38. The van der Waals surface area contributed by atoms with E-state index in [-0.39, 0.29) is 16.0 Å². The SMILES string of the molecule is O=C(NS(=O)(=O)c1ccc(N2CCOCC2)cc1N1CCC[C@@H]1c1cc(F)ccc1F)c1cnn2ccccc12. The van der Waals surface area contributed by atoms with Crippen LogP contribution in [-0.2, 0) is 14.8 Å². The van der Waals surface area contributed by atoms with Gasteiger partial charge in [-0.25, -0.2) is 26.4 Å². The summed E-state index contributed by atoms with van der Waals surface area (Å²) in [5.74, 6) is -1.95. The van der Waals surface area contributed by atoms with E-state index in [2.05, 4.69) is 14.7 Å². The Morgan fingerprint density at radius 1 is 1.02 bits per heavy atom. The van der Waals surface area contributed by atoms with Crippen molar-refractivity contribution in [1.29, 1.82) is 0 Å². The molecule has 2 fully saturated rings. The van der Waals surface area contributed by atoms with Crippen LogP contribution in [0, 0.1) is 11.6 Å². The smallest absolute Gasteiger partial charge is 0.268 e. The van der Waals surface area contributed by atoms with Gasteiger partial charge in [-0.1, -0.05) is 6.07 Å². The van der Waals surface area contributed by atoms with Crippen LogP contribution in [0.2, 0.25) is 0 Å². The van der Waals surface area contributed by atoms with Crippen molar-refractivity contribution in [2.75, 3.05) is 42.6 Å². The first kappa shape index (κ1) is 26.2. The van der Waals surface area contributed by atoms with E-state index in [1.165, 1.54) is 16.8 Å². The van der Waals surface area contributed by atoms with E-state index in [4.69, 9.17) is 4.74 Å². The van der Waals surface area contributed by atoms with Gasteiger partial charge in [-0.05, 0) is 61.4 Å². The van der Waals surface area contributed by atoms with Gasteiger partial charge in [0.1, 0.15) is 16.5 Å². The second-order valence-corrected chi connectivity index (χ2v) is 11.4. The van der Waals surface area contributed by atoms with Crippen molar-refractivity contribution < 1.29 is 26.7 Å². The van der Waals surface area contributed by atoms with Crippen LogP contribution in [0.5, 0.6) is 0 Å². The number of hydrogen-bond acceptors (Lipinski definition) is 7. The molecule has 2 aromatic carbocycles. The van der Waals surface area contributed by atoms with Crippen LogP contribution in [-0.4, -0.2) is 56.8 Å². The maximum atomic E-state index is 14.9. The fourth-order valence-corrected chi connectivity index (χ4v) is 6.63. The summed E-state index contributed by atoms with van der Waals surface area (Å²) in [6, 6.07) is 12.8. The van der Waals surface area contributed by atoms with E-state index in [0.29, 0.717) is 56.9 Å². The van der Waals surface area contributed by atoms with E-state index in [0.717, 1.165) is 23.9 Å². The molecule has 0 radical (unpaired) electrons. The second-order valence-electron chi connectivity index (χ2n) is 9.79. The zero-order valence-corrected chi connectivity index (χ0v) is 22.3. The van der Waals surface area contributed by atoms with Crippen LogP contribution < -0.4 is 14.5 Å². The number of rotatable bonds is 6. The first-order chi connectivity index (χ1) is 19.3. The van der Waals surface area contributed by atoms with E-state index in [1.807, 2.05) is 0 Å². The third kappa shape index (κ3) is 4.88. The molecular weight excluding hydrogens is 540 g/mol. The van der Waals surface area contributed by atoms with Crippen molar-refractivity contribution in [3.8, 4) is 0 Å². The number of morpholine rings is 1. The normalized spacial score (nSPS) is 17.9.